The van der Waals surface area contributed by atoms with Gasteiger partial charge in [0.25, 0.3) is 25.8 Å². The lowest BCUT2D eigenvalue weighted by Gasteiger charge is -2.42. The number of amides is 5. The summed E-state index contributed by atoms with van der Waals surface area (Å²) in [5.74, 6) is -1.37. The number of ether oxygens (including phenoxy) is 1. The number of piperazine rings is 2. The first-order valence-electron chi connectivity index (χ1n) is 39.2. The number of likely N-dealkylation sites (N-methyl/N-ethyl adjacent to an activating group) is 1. The van der Waals surface area contributed by atoms with Crippen LogP contribution in [0.5, 0.6) is 0 Å². The number of morpholine rings is 1. The van der Waals surface area contributed by atoms with Gasteiger partial charge in [0.05, 0.1) is 45.9 Å². The third-order valence-corrected chi connectivity index (χ3v) is 27.6. The van der Waals surface area contributed by atoms with Crippen LogP contribution in [-0.4, -0.2) is 235 Å². The SMILES string of the molecule is Cc1ncsc1-c1ccc([C@H](C)NC(=O)[C@@H]2CCCN2C(=O)[C@@H](NC(=O)CCCCC(=O)N2CCN(CCN(C)CC3(C)CCC(c4ccc(Cl)cc4)=C(CN4CCN(c5ccc(C(=O)NS(=O)(=O)c6ccc(N[C@H](CCN7CCOCC7)CSc7ccccc7)c(S(=O)(=O)C(F)(F)F)c6)cc5)CC4)C3)CC2)C(C)(C)C)cc1. The highest BCUT2D eigenvalue weighted by atomic mass is 35.5. The lowest BCUT2D eigenvalue weighted by atomic mass is 9.71. The Balaban J connectivity index is 0.614. The third kappa shape index (κ3) is 23.2. The van der Waals surface area contributed by atoms with Crippen molar-refractivity contribution >= 4 is 101 Å². The van der Waals surface area contributed by atoms with E-state index in [1.54, 1.807) is 28.4 Å². The van der Waals surface area contributed by atoms with Gasteiger partial charge in [-0.2, -0.15) is 13.2 Å². The number of thiazole rings is 1. The van der Waals surface area contributed by atoms with Crippen LogP contribution in [0.25, 0.3) is 16.0 Å². The molecule has 5 aliphatic rings. The summed E-state index contributed by atoms with van der Waals surface area (Å²) in [6.45, 7) is 24.4. The van der Waals surface area contributed by atoms with E-state index in [1.807, 2.05) is 116 Å². The molecule has 113 heavy (non-hydrogen) atoms. The molecule has 11 rings (SSSR count). The smallest absolute Gasteiger partial charge is 0.380 e. The number of sulfonamides is 1. The number of anilines is 2. The van der Waals surface area contributed by atoms with Crippen molar-refractivity contribution in [2.24, 2.45) is 10.8 Å². The summed E-state index contributed by atoms with van der Waals surface area (Å²) in [5.41, 5.74) is 2.67. The van der Waals surface area contributed by atoms with Gasteiger partial charge >= 0.3 is 5.51 Å². The zero-order valence-corrected chi connectivity index (χ0v) is 69.8. The summed E-state index contributed by atoms with van der Waals surface area (Å²) in [7, 11) is -8.83. The van der Waals surface area contributed by atoms with Crippen LogP contribution in [0.15, 0.2) is 147 Å². The van der Waals surface area contributed by atoms with Crippen LogP contribution >= 0.6 is 34.7 Å². The number of aryl methyl sites for hydroxylation is 1. The number of rotatable bonds is 32. The Labute approximate surface area is 677 Å². The molecule has 0 spiro atoms. The first kappa shape index (κ1) is 86.4. The summed E-state index contributed by atoms with van der Waals surface area (Å²) in [4.78, 5) is 88.3. The normalized spacial score (nSPS) is 19.4. The molecule has 0 bridgehead atoms. The molecule has 5 atom stereocenters. The maximum Gasteiger partial charge on any atom is 0.501 e. The Morgan fingerprint density at radius 2 is 1.44 bits per heavy atom. The topological polar surface area (TPSA) is 247 Å². The van der Waals surface area contributed by atoms with Gasteiger partial charge in [0, 0.05) is 151 Å². The number of benzene rings is 5. The highest BCUT2D eigenvalue weighted by molar-refractivity contribution is 7.99. The number of hydrogen-bond donors (Lipinski definition) is 4. The molecule has 22 nitrogen and oxygen atoms in total. The molecule has 1 unspecified atom stereocenters. The minimum Gasteiger partial charge on any atom is -0.380 e. The van der Waals surface area contributed by atoms with Crippen LogP contribution in [0.3, 0.4) is 0 Å². The number of thioether (sulfide) groups is 1. The van der Waals surface area contributed by atoms with Crippen LogP contribution in [0.2, 0.25) is 5.02 Å². The van der Waals surface area contributed by atoms with Gasteiger partial charge in [0.1, 0.15) is 17.0 Å². The molecule has 4 N–H and O–H groups in total. The molecule has 0 radical (unpaired) electrons. The highest BCUT2D eigenvalue weighted by Gasteiger charge is 2.49. The Kier molecular flexibility index (Phi) is 29.5. The third-order valence-electron chi connectivity index (χ3n) is 22.3. The molecule has 30 heteroatoms. The van der Waals surface area contributed by atoms with Crippen molar-refractivity contribution in [1.82, 2.24) is 49.7 Å². The van der Waals surface area contributed by atoms with Crippen LogP contribution in [0.1, 0.15) is 132 Å². The standard InChI is InChI=1S/C83H108ClF3N12O10S4/c1-58(60-19-21-62(22-20-60)76-59(2)88-57-111-76)89-79(103)72-16-13-36-99(72)80(104)77(81(3,4)5)91-74(100)17-11-12-18-75(101)98-46-40-95(41-47-98)39-38-93(7)56-82(6)35-33-70(61-23-27-65(84)28-24-61)64(53-82)54-96-42-44-97(45-43-96)67-29-25-63(26-30-67)78(102)92-113(107,108)69-31-32-71(73(52-69)112(105,106)83(85,86)87)90-66(34-37-94-48-50-109-51-49-94)55-110-68-14-9-8-10-15-68/h8-10,14-15,19-32,52,57-58,66,72,77,90H,11-13,16-18,33-51,53-56H2,1-7H3,(H,89,103)(H,91,100)(H,92,102)/t58-,66+,72-,77+,82?/m0/s1. The molecule has 1 aromatic heterocycles. The number of likely N-dealkylation sites (tertiary alicyclic amines) is 1. The number of allylic oxidation sites excluding steroid dienone is 1. The average Bonchev–Trinajstić information content (AvgIpc) is 1.72. The maximum atomic E-state index is 14.4. The number of carbonyl (C=O) groups excluding carboxylic acids is 5. The number of halogens is 4. The van der Waals surface area contributed by atoms with Crippen molar-refractivity contribution in [3.05, 3.63) is 160 Å². The van der Waals surface area contributed by atoms with E-state index in [-0.39, 0.29) is 47.1 Å². The molecule has 6 aromatic rings. The lowest BCUT2D eigenvalue weighted by molar-refractivity contribution is -0.144. The van der Waals surface area contributed by atoms with Crippen molar-refractivity contribution < 1.29 is 58.7 Å². The van der Waals surface area contributed by atoms with Crippen molar-refractivity contribution in [3.63, 3.8) is 0 Å². The molecular formula is C83H108ClF3N12O10S4. The number of hydrogen-bond acceptors (Lipinski definition) is 19. The summed E-state index contributed by atoms with van der Waals surface area (Å²) >= 11 is 9.44. The van der Waals surface area contributed by atoms with Gasteiger partial charge in [-0.1, -0.05) is 99.5 Å². The fraction of sp³-hybridized carbons (Fsp3) is 0.518. The second-order valence-electron chi connectivity index (χ2n) is 32.0. The molecule has 5 amide bonds. The molecule has 5 aromatic carbocycles. The van der Waals surface area contributed by atoms with Crippen LogP contribution in [0.4, 0.5) is 24.5 Å². The van der Waals surface area contributed by atoms with Crippen LogP contribution in [0, 0.1) is 17.8 Å². The number of carbonyl (C=O) groups is 5. The van der Waals surface area contributed by atoms with E-state index in [4.69, 9.17) is 16.3 Å². The van der Waals surface area contributed by atoms with E-state index in [9.17, 15) is 54.0 Å². The highest BCUT2D eigenvalue weighted by Crippen LogP contribution is 2.45. The first-order chi connectivity index (χ1) is 53.8. The Hall–Kier alpha value is -7.45. The van der Waals surface area contributed by atoms with Crippen molar-refractivity contribution in [1.29, 1.82) is 0 Å². The summed E-state index contributed by atoms with van der Waals surface area (Å²) < 4.78 is 105. The van der Waals surface area contributed by atoms with E-state index in [0.717, 1.165) is 122 Å². The zero-order chi connectivity index (χ0) is 80.8. The van der Waals surface area contributed by atoms with Crippen molar-refractivity contribution in [2.75, 3.05) is 141 Å². The largest absolute Gasteiger partial charge is 0.501 e. The predicted molar refractivity (Wildman–Crippen MR) is 440 cm³/mol. The molecular weight excluding hydrogens is 1550 g/mol. The Bertz CT molecular complexity index is 4520. The summed E-state index contributed by atoms with van der Waals surface area (Å²) in [6.07, 6.45) is 6.01. The van der Waals surface area contributed by atoms with Crippen LogP contribution < -0.4 is 25.6 Å². The predicted octanol–water partition coefficient (Wildman–Crippen LogP) is 12.3. The number of nitrogens with zero attached hydrogens (tertiary/aromatic N) is 8. The molecule has 5 heterocycles. The number of aromatic nitrogens is 1. The van der Waals surface area contributed by atoms with E-state index < -0.39 is 70.3 Å². The quantitative estimate of drug-likeness (QED) is 0.0226. The van der Waals surface area contributed by atoms with Crippen molar-refractivity contribution in [2.45, 2.75) is 150 Å². The lowest BCUT2D eigenvalue weighted by Crippen LogP contribution is -2.57. The molecule has 1 aliphatic carbocycles. The van der Waals surface area contributed by atoms with E-state index >= 15 is 0 Å². The minimum atomic E-state index is -6.11. The van der Waals surface area contributed by atoms with E-state index in [0.29, 0.717) is 121 Å². The first-order valence-corrected chi connectivity index (χ1v) is 44.4. The second kappa shape index (κ2) is 38.5. The molecule has 612 valence electrons. The Morgan fingerprint density at radius 1 is 0.779 bits per heavy atom. The van der Waals surface area contributed by atoms with Crippen LogP contribution in [-0.2, 0) is 43.8 Å². The van der Waals surface area contributed by atoms with Gasteiger partial charge in [0.15, 0.2) is 0 Å². The van der Waals surface area contributed by atoms with E-state index in [2.05, 4.69) is 71.5 Å². The van der Waals surface area contributed by atoms with Gasteiger partial charge in [-0.05, 0) is 172 Å². The van der Waals surface area contributed by atoms with Gasteiger partial charge in [-0.3, -0.25) is 38.7 Å². The number of unbranched alkanes of at least 4 members (excludes halogenated alkanes) is 1. The summed E-state index contributed by atoms with van der Waals surface area (Å²) in [6, 6.07) is 32.0. The number of alkyl halides is 3. The van der Waals surface area contributed by atoms with E-state index in [1.165, 1.54) is 35.0 Å². The maximum absolute atomic E-state index is 14.4. The van der Waals surface area contributed by atoms with Crippen molar-refractivity contribution in [3.8, 4) is 10.4 Å². The second-order valence-corrected chi connectivity index (χ2v) is 38.0. The number of nitrogens with one attached hydrogen (secondary N) is 4. The average molecular weight is 1650 g/mol. The van der Waals surface area contributed by atoms with Gasteiger partial charge in [-0.15, -0.1) is 23.1 Å². The molecule has 4 aliphatic heterocycles. The fourth-order valence-corrected chi connectivity index (χ4v) is 19.7. The number of sulfone groups is 1. The van der Waals surface area contributed by atoms with Gasteiger partial charge in [0.2, 0.25) is 23.6 Å². The van der Waals surface area contributed by atoms with Gasteiger partial charge < -0.3 is 40.3 Å². The molecule has 0 saturated carbocycles. The monoisotopic (exact) mass is 1650 g/mol. The molecule has 4 fully saturated rings. The zero-order valence-electron chi connectivity index (χ0n) is 65.7. The molecule has 4 saturated heterocycles. The minimum absolute atomic E-state index is 0.00520. The summed E-state index contributed by atoms with van der Waals surface area (Å²) in [5, 5.41) is 9.84. The Morgan fingerprint density at radius 3 is 2.11 bits per heavy atom. The van der Waals surface area contributed by atoms with Gasteiger partial charge in [-0.25, -0.2) is 26.5 Å². The fourth-order valence-electron chi connectivity index (χ4n) is 15.8.